The lowest BCUT2D eigenvalue weighted by Crippen LogP contribution is -2.29. The number of halogens is 3. The van der Waals surface area contributed by atoms with Crippen LogP contribution >= 0.6 is 0 Å². The third-order valence-corrected chi connectivity index (χ3v) is 4.10. The number of anilines is 2. The lowest BCUT2D eigenvalue weighted by atomic mass is 10.2. The minimum atomic E-state index is -4.49. The zero-order valence-electron chi connectivity index (χ0n) is 16.4. The number of aromatic nitrogens is 4. The van der Waals surface area contributed by atoms with Crippen molar-refractivity contribution in [3.63, 3.8) is 0 Å². The van der Waals surface area contributed by atoms with Crippen LogP contribution in [-0.2, 0) is 27.0 Å². The van der Waals surface area contributed by atoms with Crippen molar-refractivity contribution in [1.82, 2.24) is 19.6 Å². The Morgan fingerprint density at radius 1 is 1.16 bits per heavy atom. The fraction of sp³-hybridized carbons (Fsp3) is 0.263. The van der Waals surface area contributed by atoms with Crippen molar-refractivity contribution in [2.24, 2.45) is 0 Å². The van der Waals surface area contributed by atoms with Gasteiger partial charge in [0.05, 0.1) is 29.3 Å². The van der Waals surface area contributed by atoms with Crippen LogP contribution in [0, 0.1) is 0 Å². The average molecular weight is 436 g/mol. The SMILES string of the molecule is COCCCn1ccc(NC(=O)C(=O)Nc2cnn(-c3cccc(C(F)(F)F)c3)c2)n1. The summed E-state index contributed by atoms with van der Waals surface area (Å²) in [5.74, 6) is -1.72. The van der Waals surface area contributed by atoms with E-state index in [1.54, 1.807) is 24.1 Å². The molecule has 2 N–H and O–H groups in total. The van der Waals surface area contributed by atoms with E-state index in [0.717, 1.165) is 23.2 Å². The molecule has 1 aromatic carbocycles. The molecule has 2 aromatic heterocycles. The van der Waals surface area contributed by atoms with Crippen molar-refractivity contribution in [3.05, 3.63) is 54.5 Å². The number of nitrogens with one attached hydrogen (secondary N) is 2. The Hall–Kier alpha value is -3.67. The first-order valence-electron chi connectivity index (χ1n) is 9.13. The number of ether oxygens (including phenoxy) is 1. The molecule has 0 aliphatic rings. The summed E-state index contributed by atoms with van der Waals surface area (Å²) in [6.07, 6.45) is 0.417. The fourth-order valence-electron chi connectivity index (χ4n) is 2.64. The van der Waals surface area contributed by atoms with Gasteiger partial charge in [0.15, 0.2) is 5.82 Å². The predicted molar refractivity (Wildman–Crippen MR) is 105 cm³/mol. The van der Waals surface area contributed by atoms with Crippen LogP contribution in [0.3, 0.4) is 0 Å². The van der Waals surface area contributed by atoms with Gasteiger partial charge in [-0.1, -0.05) is 6.07 Å². The Morgan fingerprint density at radius 3 is 2.68 bits per heavy atom. The summed E-state index contributed by atoms with van der Waals surface area (Å²) in [6, 6.07) is 6.10. The zero-order valence-corrected chi connectivity index (χ0v) is 16.4. The number of carbonyl (C=O) groups is 2. The highest BCUT2D eigenvalue weighted by atomic mass is 19.4. The number of rotatable bonds is 7. The maximum Gasteiger partial charge on any atom is 0.416 e. The zero-order chi connectivity index (χ0) is 22.4. The number of nitrogens with zero attached hydrogens (tertiary/aromatic N) is 4. The van der Waals surface area contributed by atoms with E-state index in [0.29, 0.717) is 13.2 Å². The first-order valence-corrected chi connectivity index (χ1v) is 9.13. The molecule has 31 heavy (non-hydrogen) atoms. The molecule has 0 unspecified atom stereocenters. The molecule has 164 valence electrons. The van der Waals surface area contributed by atoms with Gasteiger partial charge in [-0.15, -0.1) is 0 Å². The number of aryl methyl sites for hydroxylation is 1. The highest BCUT2D eigenvalue weighted by Gasteiger charge is 2.30. The first-order chi connectivity index (χ1) is 14.8. The summed E-state index contributed by atoms with van der Waals surface area (Å²) in [5, 5.41) is 12.8. The van der Waals surface area contributed by atoms with Gasteiger partial charge >= 0.3 is 18.0 Å². The summed E-state index contributed by atoms with van der Waals surface area (Å²) in [6.45, 7) is 1.16. The molecular formula is C19H19F3N6O3. The summed E-state index contributed by atoms with van der Waals surface area (Å²) < 4.78 is 46.3. The van der Waals surface area contributed by atoms with Gasteiger partial charge in [-0.25, -0.2) is 4.68 Å². The van der Waals surface area contributed by atoms with E-state index in [-0.39, 0.29) is 17.2 Å². The van der Waals surface area contributed by atoms with E-state index in [9.17, 15) is 22.8 Å². The van der Waals surface area contributed by atoms with Crippen molar-refractivity contribution >= 4 is 23.3 Å². The smallest absolute Gasteiger partial charge is 0.385 e. The van der Waals surface area contributed by atoms with Gasteiger partial charge in [0.25, 0.3) is 0 Å². The molecule has 0 aliphatic carbocycles. The lowest BCUT2D eigenvalue weighted by Gasteiger charge is -2.08. The van der Waals surface area contributed by atoms with Crippen LogP contribution in [0.15, 0.2) is 48.9 Å². The summed E-state index contributed by atoms with van der Waals surface area (Å²) in [7, 11) is 1.59. The third-order valence-electron chi connectivity index (χ3n) is 4.10. The van der Waals surface area contributed by atoms with Gasteiger partial charge in [0.2, 0.25) is 0 Å². The van der Waals surface area contributed by atoms with Crippen molar-refractivity contribution in [1.29, 1.82) is 0 Å². The number of alkyl halides is 3. The summed E-state index contributed by atoms with van der Waals surface area (Å²) in [4.78, 5) is 24.2. The highest BCUT2D eigenvalue weighted by molar-refractivity contribution is 6.43. The predicted octanol–water partition coefficient (Wildman–Crippen LogP) is 2.70. The minimum Gasteiger partial charge on any atom is -0.385 e. The van der Waals surface area contributed by atoms with Crippen molar-refractivity contribution < 1.29 is 27.5 Å². The topological polar surface area (TPSA) is 103 Å². The van der Waals surface area contributed by atoms with E-state index in [1.807, 2.05) is 0 Å². The number of hydrogen-bond donors (Lipinski definition) is 2. The highest BCUT2D eigenvalue weighted by Crippen LogP contribution is 2.30. The Labute approximate surface area is 174 Å². The Morgan fingerprint density at radius 2 is 1.94 bits per heavy atom. The third kappa shape index (κ3) is 5.92. The van der Waals surface area contributed by atoms with Crippen LogP contribution in [-0.4, -0.2) is 45.1 Å². The molecule has 0 fully saturated rings. The number of methoxy groups -OCH3 is 1. The molecule has 0 bridgehead atoms. The molecule has 12 heteroatoms. The van der Waals surface area contributed by atoms with Gasteiger partial charge in [-0.2, -0.15) is 23.4 Å². The Bertz CT molecular complexity index is 1060. The van der Waals surface area contributed by atoms with Gasteiger partial charge in [0, 0.05) is 32.5 Å². The van der Waals surface area contributed by atoms with Gasteiger partial charge in [0.1, 0.15) is 0 Å². The average Bonchev–Trinajstić information content (AvgIpc) is 3.37. The molecule has 0 atom stereocenters. The molecular weight excluding hydrogens is 417 g/mol. The lowest BCUT2D eigenvalue weighted by molar-refractivity contribution is -0.137. The molecule has 3 rings (SSSR count). The second kappa shape index (κ2) is 9.43. The molecule has 3 aromatic rings. The standard InChI is InChI=1S/C19H19F3N6O3/c1-31-9-3-7-27-8-6-16(26-27)25-18(30)17(29)24-14-11-23-28(12-14)15-5-2-4-13(10-15)19(20,21)22/h2,4-6,8,10-12H,3,7,9H2,1H3,(H,24,29)(H,25,26,30). The van der Waals surface area contributed by atoms with Crippen molar-refractivity contribution in [2.45, 2.75) is 19.1 Å². The van der Waals surface area contributed by atoms with E-state index in [1.165, 1.54) is 24.5 Å². The molecule has 0 saturated heterocycles. The van der Waals surface area contributed by atoms with E-state index < -0.39 is 23.6 Å². The van der Waals surface area contributed by atoms with Gasteiger partial charge in [-0.05, 0) is 24.6 Å². The molecule has 0 radical (unpaired) electrons. The van der Waals surface area contributed by atoms with Crippen LogP contribution in [0.2, 0.25) is 0 Å². The van der Waals surface area contributed by atoms with E-state index in [2.05, 4.69) is 20.8 Å². The number of carbonyl (C=O) groups excluding carboxylic acids is 2. The minimum absolute atomic E-state index is 0.141. The van der Waals surface area contributed by atoms with Crippen LogP contribution in [0.1, 0.15) is 12.0 Å². The largest absolute Gasteiger partial charge is 0.416 e. The second-order valence-corrected chi connectivity index (χ2v) is 6.44. The fourth-order valence-corrected chi connectivity index (χ4v) is 2.64. The van der Waals surface area contributed by atoms with Crippen molar-refractivity contribution in [3.8, 4) is 5.69 Å². The van der Waals surface area contributed by atoms with Gasteiger partial charge in [-0.3, -0.25) is 14.3 Å². The quantitative estimate of drug-likeness (QED) is 0.438. The molecule has 9 nitrogen and oxygen atoms in total. The molecule has 0 saturated carbocycles. The van der Waals surface area contributed by atoms with E-state index in [4.69, 9.17) is 4.74 Å². The molecule has 0 aliphatic heterocycles. The van der Waals surface area contributed by atoms with E-state index >= 15 is 0 Å². The molecule has 0 spiro atoms. The Kier molecular flexibility index (Phi) is 6.70. The normalized spacial score (nSPS) is 11.4. The Balaban J connectivity index is 1.59. The summed E-state index contributed by atoms with van der Waals surface area (Å²) in [5.41, 5.74) is -0.534. The van der Waals surface area contributed by atoms with Crippen molar-refractivity contribution in [2.75, 3.05) is 24.4 Å². The maximum absolute atomic E-state index is 12.9. The monoisotopic (exact) mass is 436 g/mol. The second-order valence-electron chi connectivity index (χ2n) is 6.44. The number of amides is 2. The van der Waals surface area contributed by atoms with Crippen LogP contribution in [0.25, 0.3) is 5.69 Å². The maximum atomic E-state index is 12.9. The number of hydrogen-bond acceptors (Lipinski definition) is 5. The number of benzene rings is 1. The molecule has 2 heterocycles. The van der Waals surface area contributed by atoms with Crippen LogP contribution < -0.4 is 10.6 Å². The van der Waals surface area contributed by atoms with Gasteiger partial charge < -0.3 is 15.4 Å². The first kappa shape index (κ1) is 22.0. The molecule has 2 amide bonds. The van der Waals surface area contributed by atoms with Crippen LogP contribution in [0.4, 0.5) is 24.7 Å². The van der Waals surface area contributed by atoms with Crippen LogP contribution in [0.5, 0.6) is 0 Å². The summed E-state index contributed by atoms with van der Waals surface area (Å²) >= 11 is 0.